The highest BCUT2D eigenvalue weighted by Gasteiger charge is 1.92. The lowest BCUT2D eigenvalue weighted by Gasteiger charge is -2.03. The van der Waals surface area contributed by atoms with Crippen LogP contribution in [0.3, 0.4) is 0 Å². The smallest absolute Gasteiger partial charge is 0.0324 e. The van der Waals surface area contributed by atoms with Crippen molar-refractivity contribution in [3.8, 4) is 0 Å². The molecule has 0 N–H and O–H groups in total. The van der Waals surface area contributed by atoms with Crippen molar-refractivity contribution in [2.75, 3.05) is 0 Å². The second-order valence-electron chi connectivity index (χ2n) is 2.23. The van der Waals surface area contributed by atoms with Crippen LogP contribution < -0.4 is 0 Å². The Morgan fingerprint density at radius 3 is 3.33 bits per heavy atom. The highest BCUT2D eigenvalue weighted by atomic mass is 14.0. The number of hydrogen-bond acceptors (Lipinski definition) is 0. The minimum atomic E-state index is 1.10. The van der Waals surface area contributed by atoms with Crippen LogP contribution in [0, 0.1) is 6.07 Å². The van der Waals surface area contributed by atoms with E-state index in [1.165, 1.54) is 11.1 Å². The first-order valence-corrected chi connectivity index (χ1v) is 3.12. The molecule has 0 spiro atoms. The lowest BCUT2D eigenvalue weighted by molar-refractivity contribution is 1.31. The van der Waals surface area contributed by atoms with Gasteiger partial charge in [-0.3, -0.25) is 0 Å². The van der Waals surface area contributed by atoms with Gasteiger partial charge in [-0.15, -0.1) is 17.2 Å². The van der Waals surface area contributed by atoms with Crippen molar-refractivity contribution < 1.29 is 0 Å². The molecule has 0 saturated carbocycles. The van der Waals surface area contributed by atoms with Gasteiger partial charge in [-0.1, -0.05) is 6.08 Å². The summed E-state index contributed by atoms with van der Waals surface area (Å²) >= 11 is 0. The fraction of sp³-hybridized carbons (Fsp3) is 0.111. The van der Waals surface area contributed by atoms with Gasteiger partial charge < -0.3 is 0 Å². The molecule has 0 nitrogen and oxygen atoms in total. The van der Waals surface area contributed by atoms with Crippen molar-refractivity contribution in [3.05, 3.63) is 41.5 Å². The van der Waals surface area contributed by atoms with Gasteiger partial charge in [0.05, 0.1) is 0 Å². The molecule has 0 aliphatic heterocycles. The summed E-state index contributed by atoms with van der Waals surface area (Å²) in [4.78, 5) is 0. The summed E-state index contributed by atoms with van der Waals surface area (Å²) in [7, 11) is 0. The summed E-state index contributed by atoms with van der Waals surface area (Å²) in [6, 6.07) is 9.15. The molecule has 0 unspecified atom stereocenters. The SMILES string of the molecule is [c-]1ccc2c(c1)C=CC2. The highest BCUT2D eigenvalue weighted by molar-refractivity contribution is 5.59. The predicted octanol–water partition coefficient (Wildman–Crippen LogP) is 2.06. The summed E-state index contributed by atoms with van der Waals surface area (Å²) in [5.41, 5.74) is 2.76. The maximum atomic E-state index is 3.04. The van der Waals surface area contributed by atoms with Crippen LogP contribution in [0.2, 0.25) is 0 Å². The lowest BCUT2D eigenvalue weighted by Crippen LogP contribution is -1.77. The van der Waals surface area contributed by atoms with E-state index in [-0.39, 0.29) is 0 Å². The molecule has 0 aromatic heterocycles. The van der Waals surface area contributed by atoms with Crippen LogP contribution in [0.4, 0.5) is 0 Å². The second kappa shape index (κ2) is 1.73. The van der Waals surface area contributed by atoms with E-state index in [1.807, 2.05) is 12.1 Å². The summed E-state index contributed by atoms with van der Waals surface area (Å²) in [5.74, 6) is 0. The van der Waals surface area contributed by atoms with Gasteiger partial charge >= 0.3 is 0 Å². The van der Waals surface area contributed by atoms with Gasteiger partial charge in [-0.2, -0.15) is 24.3 Å². The van der Waals surface area contributed by atoms with Gasteiger partial charge in [0.1, 0.15) is 0 Å². The molecule has 0 fully saturated rings. The number of allylic oxidation sites excluding steroid dienone is 1. The van der Waals surface area contributed by atoms with Gasteiger partial charge in [0.25, 0.3) is 0 Å². The molecule has 0 heterocycles. The van der Waals surface area contributed by atoms with E-state index in [9.17, 15) is 0 Å². The molecule has 0 radical (unpaired) electrons. The third kappa shape index (κ3) is 0.672. The largest absolute Gasteiger partial charge is 0.183 e. The van der Waals surface area contributed by atoms with Crippen LogP contribution >= 0.6 is 0 Å². The third-order valence-corrected chi connectivity index (χ3v) is 1.63. The van der Waals surface area contributed by atoms with Crippen LogP contribution in [0.5, 0.6) is 0 Å². The van der Waals surface area contributed by atoms with Gasteiger partial charge in [-0.05, 0) is 6.42 Å². The van der Waals surface area contributed by atoms with E-state index in [0.29, 0.717) is 0 Å². The Kier molecular flexibility index (Phi) is 0.922. The van der Waals surface area contributed by atoms with Crippen molar-refractivity contribution in [2.24, 2.45) is 0 Å². The average molecular weight is 115 g/mol. The monoisotopic (exact) mass is 115 g/mol. The molecule has 1 aromatic rings. The maximum absolute atomic E-state index is 3.04. The molecule has 1 aliphatic rings. The first-order valence-electron chi connectivity index (χ1n) is 3.12. The summed E-state index contributed by atoms with van der Waals surface area (Å²) in [6.45, 7) is 0. The Morgan fingerprint density at radius 2 is 2.44 bits per heavy atom. The summed E-state index contributed by atoms with van der Waals surface area (Å²) in [6.07, 6.45) is 5.42. The molecule has 0 amide bonds. The van der Waals surface area contributed by atoms with Crippen LogP contribution in [-0.2, 0) is 6.42 Å². The van der Waals surface area contributed by atoms with E-state index in [2.05, 4.69) is 24.3 Å². The molecule has 1 aromatic carbocycles. The van der Waals surface area contributed by atoms with Crippen LogP contribution in [0.15, 0.2) is 24.3 Å². The van der Waals surface area contributed by atoms with Crippen molar-refractivity contribution in [1.82, 2.24) is 0 Å². The van der Waals surface area contributed by atoms with Crippen molar-refractivity contribution in [1.29, 1.82) is 0 Å². The quantitative estimate of drug-likeness (QED) is 0.454. The van der Waals surface area contributed by atoms with E-state index in [4.69, 9.17) is 0 Å². The first kappa shape index (κ1) is 4.80. The second-order valence-corrected chi connectivity index (χ2v) is 2.23. The Morgan fingerprint density at radius 1 is 1.44 bits per heavy atom. The molecular formula is C9H7-. The third-order valence-electron chi connectivity index (χ3n) is 1.63. The fourth-order valence-electron chi connectivity index (χ4n) is 1.13. The van der Waals surface area contributed by atoms with Crippen molar-refractivity contribution in [3.63, 3.8) is 0 Å². The molecule has 44 valence electrons. The van der Waals surface area contributed by atoms with Gasteiger partial charge in [0, 0.05) is 0 Å². The molecule has 1 aliphatic carbocycles. The van der Waals surface area contributed by atoms with Crippen LogP contribution in [0.1, 0.15) is 11.1 Å². The number of fused-ring (bicyclic) bond motifs is 1. The lowest BCUT2D eigenvalue weighted by atomic mass is 10.1. The number of hydrogen-bond donors (Lipinski definition) is 0. The predicted molar refractivity (Wildman–Crippen MR) is 38.0 cm³/mol. The molecule has 0 saturated heterocycles. The summed E-state index contributed by atoms with van der Waals surface area (Å²) in [5, 5.41) is 0. The zero-order valence-electron chi connectivity index (χ0n) is 5.09. The van der Waals surface area contributed by atoms with Crippen molar-refractivity contribution >= 4 is 6.08 Å². The fourth-order valence-corrected chi connectivity index (χ4v) is 1.13. The Bertz CT molecular complexity index is 246. The molecule has 0 atom stereocenters. The van der Waals surface area contributed by atoms with Crippen molar-refractivity contribution in [2.45, 2.75) is 6.42 Å². The van der Waals surface area contributed by atoms with E-state index in [1.54, 1.807) is 0 Å². The van der Waals surface area contributed by atoms with Gasteiger partial charge in [0.15, 0.2) is 0 Å². The molecule has 9 heavy (non-hydrogen) atoms. The minimum Gasteiger partial charge on any atom is -0.183 e. The molecule has 0 bridgehead atoms. The minimum absolute atomic E-state index is 1.10. The Labute approximate surface area is 54.8 Å². The first-order chi connectivity index (χ1) is 4.47. The van der Waals surface area contributed by atoms with Crippen LogP contribution in [0.25, 0.3) is 6.08 Å². The van der Waals surface area contributed by atoms with Gasteiger partial charge in [0.2, 0.25) is 0 Å². The Balaban J connectivity index is 2.63. The number of rotatable bonds is 0. The van der Waals surface area contributed by atoms with Gasteiger partial charge in [-0.25, -0.2) is 0 Å². The van der Waals surface area contributed by atoms with E-state index < -0.39 is 0 Å². The van der Waals surface area contributed by atoms with E-state index in [0.717, 1.165) is 6.42 Å². The zero-order chi connectivity index (χ0) is 6.10. The highest BCUT2D eigenvalue weighted by Crippen LogP contribution is 2.17. The molecule has 2 rings (SSSR count). The maximum Gasteiger partial charge on any atom is -0.0324 e. The molecular weight excluding hydrogens is 108 g/mol. The Hall–Kier alpha value is -1.04. The van der Waals surface area contributed by atoms with Crippen LogP contribution in [-0.4, -0.2) is 0 Å². The number of benzene rings is 1. The van der Waals surface area contributed by atoms with E-state index >= 15 is 0 Å². The normalized spacial score (nSPS) is 13.8. The zero-order valence-corrected chi connectivity index (χ0v) is 5.09. The average Bonchev–Trinajstić information content (AvgIpc) is 2.33. The molecule has 0 heteroatoms. The standard InChI is InChI=1S/C9H7/c1-2-5-9-7-3-6-8(9)4-1/h1,3-5,7H,6H2/q-1. The topological polar surface area (TPSA) is 0 Å². The summed E-state index contributed by atoms with van der Waals surface area (Å²) < 4.78 is 0.